The molecule has 0 aliphatic rings. The van der Waals surface area contributed by atoms with E-state index in [2.05, 4.69) is 15.4 Å². The van der Waals surface area contributed by atoms with Crippen LogP contribution in [0.4, 0.5) is 18.9 Å². The van der Waals surface area contributed by atoms with Crippen LogP contribution in [0.2, 0.25) is 0 Å². The Morgan fingerprint density at radius 1 is 0.976 bits per heavy atom. The van der Waals surface area contributed by atoms with Crippen molar-refractivity contribution in [3.63, 3.8) is 0 Å². The Hall–Kier alpha value is -5.19. The lowest BCUT2D eigenvalue weighted by Gasteiger charge is -2.13. The summed E-state index contributed by atoms with van der Waals surface area (Å²) in [7, 11) is 1.75. The molecule has 210 valence electrons. The number of nitrogens with zero attached hydrogens (tertiary/aromatic N) is 4. The second-order valence-electron chi connectivity index (χ2n) is 8.62. The van der Waals surface area contributed by atoms with Crippen LogP contribution < -0.4 is 15.6 Å². The normalized spacial score (nSPS) is 10.5. The second-order valence-corrected chi connectivity index (χ2v) is 8.62. The molecule has 0 bridgehead atoms. The molecular formula is C30H26F3N5O3. The van der Waals surface area contributed by atoms with Crippen molar-refractivity contribution in [3.05, 3.63) is 118 Å². The van der Waals surface area contributed by atoms with E-state index in [1.54, 1.807) is 30.2 Å². The van der Waals surface area contributed by atoms with Crippen LogP contribution in [-0.2, 0) is 7.05 Å². The van der Waals surface area contributed by atoms with E-state index in [-0.39, 0.29) is 11.3 Å². The highest BCUT2D eigenvalue weighted by molar-refractivity contribution is 6.05. The highest BCUT2D eigenvalue weighted by Crippen LogP contribution is 2.31. The van der Waals surface area contributed by atoms with Gasteiger partial charge in [-0.3, -0.25) is 23.8 Å². The first-order chi connectivity index (χ1) is 19.7. The minimum atomic E-state index is -0.978. The molecule has 3 aromatic heterocycles. The number of nitrogens with one attached hydrogen (secondary N) is 1. The van der Waals surface area contributed by atoms with Crippen LogP contribution in [0.5, 0.6) is 11.5 Å². The zero-order chi connectivity index (χ0) is 29.7. The Morgan fingerprint density at radius 3 is 2.39 bits per heavy atom. The van der Waals surface area contributed by atoms with Gasteiger partial charge in [-0.25, -0.2) is 13.2 Å². The van der Waals surface area contributed by atoms with Crippen LogP contribution in [0.15, 0.2) is 84.2 Å². The second kappa shape index (κ2) is 12.3. The predicted octanol–water partition coefficient (Wildman–Crippen LogP) is 6.43. The van der Waals surface area contributed by atoms with Crippen LogP contribution in [-0.4, -0.2) is 25.2 Å². The molecule has 0 aliphatic heterocycles. The number of hydrogen-bond donors (Lipinski definition) is 1. The zero-order valence-electron chi connectivity index (χ0n) is 22.7. The molecule has 5 aromatic rings. The lowest BCUT2D eigenvalue weighted by Crippen LogP contribution is -2.29. The molecule has 11 heteroatoms. The maximum absolute atomic E-state index is 14.9. The molecule has 0 aliphatic carbocycles. The number of halogens is 3. The van der Waals surface area contributed by atoms with Crippen molar-refractivity contribution in [2.45, 2.75) is 20.8 Å². The molecule has 3 heterocycles. The Kier molecular flexibility index (Phi) is 8.66. The highest BCUT2D eigenvalue weighted by Gasteiger charge is 2.20. The first-order valence-corrected chi connectivity index (χ1v) is 12.6. The van der Waals surface area contributed by atoms with Crippen molar-refractivity contribution in [3.8, 4) is 28.4 Å². The van der Waals surface area contributed by atoms with Gasteiger partial charge in [-0.15, -0.1) is 0 Å². The van der Waals surface area contributed by atoms with Crippen LogP contribution >= 0.6 is 0 Å². The molecule has 1 amide bonds. The monoisotopic (exact) mass is 561 g/mol. The fourth-order valence-corrected chi connectivity index (χ4v) is 3.91. The summed E-state index contributed by atoms with van der Waals surface area (Å²) < 4.78 is 51.4. The van der Waals surface area contributed by atoms with E-state index >= 15 is 0 Å². The van der Waals surface area contributed by atoms with Crippen molar-refractivity contribution in [1.82, 2.24) is 19.3 Å². The van der Waals surface area contributed by atoms with Crippen molar-refractivity contribution in [2.75, 3.05) is 5.32 Å². The minimum absolute atomic E-state index is 0.209. The molecule has 1 N–H and O–H groups in total. The molecule has 5 rings (SSSR count). The van der Waals surface area contributed by atoms with Crippen LogP contribution in [0.25, 0.3) is 16.9 Å². The number of benzene rings is 2. The number of carbonyl (C=O) groups is 1. The molecule has 0 fully saturated rings. The fourth-order valence-electron chi connectivity index (χ4n) is 3.91. The largest absolute Gasteiger partial charge is 0.454 e. The number of rotatable bonds is 6. The SMILES string of the molecule is CC.Cc1ccn(-c2ccc(F)cc2)c(=O)c1C(=O)Nc1cc(F)c(Oc2ccnc(-c3cnn(C)c3)c2)cc1F. The van der Waals surface area contributed by atoms with Gasteiger partial charge >= 0.3 is 0 Å². The van der Waals surface area contributed by atoms with Gasteiger partial charge in [0.2, 0.25) is 0 Å². The summed E-state index contributed by atoms with van der Waals surface area (Å²) in [6, 6.07) is 11.2. The van der Waals surface area contributed by atoms with Gasteiger partial charge in [0.25, 0.3) is 11.5 Å². The third-order valence-electron chi connectivity index (χ3n) is 5.86. The van der Waals surface area contributed by atoms with Gasteiger partial charge in [0, 0.05) is 55.1 Å². The van der Waals surface area contributed by atoms with Gasteiger partial charge in [0.15, 0.2) is 17.4 Å². The predicted molar refractivity (Wildman–Crippen MR) is 149 cm³/mol. The van der Waals surface area contributed by atoms with Crippen molar-refractivity contribution in [2.24, 2.45) is 7.05 Å². The molecule has 41 heavy (non-hydrogen) atoms. The lowest BCUT2D eigenvalue weighted by molar-refractivity contribution is 0.102. The van der Waals surface area contributed by atoms with Crippen LogP contribution in [0.1, 0.15) is 29.8 Å². The standard InChI is InChI=1S/C28H20F3N5O3.C2H6/c1-16-8-10-36(19-5-3-18(29)4-6-19)28(38)26(16)27(37)34-24-12-22(31)25(13-21(24)30)39-20-7-9-32-23(11-20)17-14-33-35(2)15-17;1-2/h3-15H,1-2H3,(H,34,37);1-2H3. The maximum Gasteiger partial charge on any atom is 0.268 e. The Balaban J connectivity index is 0.00000189. The smallest absolute Gasteiger partial charge is 0.268 e. The molecule has 2 aromatic carbocycles. The fraction of sp³-hybridized carbons (Fsp3) is 0.133. The van der Waals surface area contributed by atoms with Crippen molar-refractivity contribution >= 4 is 11.6 Å². The minimum Gasteiger partial charge on any atom is -0.454 e. The summed E-state index contributed by atoms with van der Waals surface area (Å²) >= 11 is 0. The summed E-state index contributed by atoms with van der Waals surface area (Å²) in [6.45, 7) is 5.54. The zero-order valence-corrected chi connectivity index (χ0v) is 22.7. The van der Waals surface area contributed by atoms with E-state index in [9.17, 15) is 22.8 Å². The van der Waals surface area contributed by atoms with E-state index in [0.717, 1.165) is 16.7 Å². The number of aryl methyl sites for hydroxylation is 2. The number of aromatic nitrogens is 4. The quantitative estimate of drug-likeness (QED) is 0.258. The Labute approximate surface area is 233 Å². The van der Waals surface area contributed by atoms with E-state index in [1.165, 1.54) is 55.7 Å². The molecule has 0 spiro atoms. The van der Waals surface area contributed by atoms with Gasteiger partial charge in [-0.2, -0.15) is 5.10 Å². The maximum atomic E-state index is 14.9. The van der Waals surface area contributed by atoms with Gasteiger partial charge in [-0.1, -0.05) is 13.8 Å². The van der Waals surface area contributed by atoms with Gasteiger partial charge in [0.05, 0.1) is 17.6 Å². The van der Waals surface area contributed by atoms with Crippen molar-refractivity contribution in [1.29, 1.82) is 0 Å². The van der Waals surface area contributed by atoms with Crippen LogP contribution in [0.3, 0.4) is 0 Å². The average molecular weight is 562 g/mol. The molecule has 0 atom stereocenters. The molecule has 8 nitrogen and oxygen atoms in total. The van der Waals surface area contributed by atoms with Crippen molar-refractivity contribution < 1.29 is 22.7 Å². The topological polar surface area (TPSA) is 91.0 Å². The molecule has 0 saturated carbocycles. The lowest BCUT2D eigenvalue weighted by atomic mass is 10.1. The highest BCUT2D eigenvalue weighted by atomic mass is 19.1. The Bertz CT molecular complexity index is 1760. The number of carbonyl (C=O) groups excluding carboxylic acids is 1. The molecule has 0 saturated heterocycles. The number of ether oxygens (including phenoxy) is 1. The summed E-state index contributed by atoms with van der Waals surface area (Å²) in [6.07, 6.45) is 6.24. The van der Waals surface area contributed by atoms with Crippen LogP contribution in [0, 0.1) is 24.4 Å². The summed E-state index contributed by atoms with van der Waals surface area (Å²) in [4.78, 5) is 30.3. The third-order valence-corrected chi connectivity index (χ3v) is 5.86. The Morgan fingerprint density at radius 2 is 1.71 bits per heavy atom. The van der Waals surface area contributed by atoms with E-state index < -0.39 is 40.4 Å². The molecule has 0 unspecified atom stereocenters. The van der Waals surface area contributed by atoms with Gasteiger partial charge in [-0.05, 0) is 48.9 Å². The van der Waals surface area contributed by atoms with E-state index in [4.69, 9.17) is 4.74 Å². The first kappa shape index (κ1) is 28.8. The third kappa shape index (κ3) is 6.35. The summed E-state index contributed by atoms with van der Waals surface area (Å²) in [5, 5.41) is 6.34. The first-order valence-electron chi connectivity index (χ1n) is 12.6. The van der Waals surface area contributed by atoms with E-state index in [1.807, 2.05) is 13.8 Å². The molecular weight excluding hydrogens is 535 g/mol. The number of pyridine rings is 2. The summed E-state index contributed by atoms with van der Waals surface area (Å²) in [5.41, 5.74) is 0.420. The van der Waals surface area contributed by atoms with E-state index in [0.29, 0.717) is 22.5 Å². The number of amides is 1. The van der Waals surface area contributed by atoms with Gasteiger partial charge in [0.1, 0.15) is 17.1 Å². The number of anilines is 1. The number of hydrogen-bond acceptors (Lipinski definition) is 5. The van der Waals surface area contributed by atoms with Gasteiger partial charge < -0.3 is 10.1 Å². The summed E-state index contributed by atoms with van der Waals surface area (Å²) in [5.74, 6) is -3.55. The average Bonchev–Trinajstić information content (AvgIpc) is 3.40. The molecule has 0 radical (unpaired) electrons.